The zero-order chi connectivity index (χ0) is 14.5. The van der Waals surface area contributed by atoms with Gasteiger partial charge >= 0.3 is 11.9 Å². The maximum atomic E-state index is 11.8. The molecule has 0 aromatic carbocycles. The lowest BCUT2D eigenvalue weighted by molar-refractivity contribution is -0.384. The Kier molecular flexibility index (Phi) is 4.87. The molecular formula is C9H11F3N4O3. The molecule has 7 nitrogen and oxygen atoms in total. The summed E-state index contributed by atoms with van der Waals surface area (Å²) in [5, 5.41) is 13.2. The molecule has 1 heterocycles. The molecule has 0 saturated heterocycles. The van der Waals surface area contributed by atoms with E-state index in [9.17, 15) is 23.3 Å². The Bertz CT molecular complexity index is 453. The Morgan fingerprint density at radius 3 is 2.74 bits per heavy atom. The maximum absolute atomic E-state index is 11.8. The minimum atomic E-state index is -4.40. The molecule has 0 atom stereocenters. The highest BCUT2D eigenvalue weighted by Gasteiger charge is 2.27. The van der Waals surface area contributed by atoms with Crippen molar-refractivity contribution in [3.8, 4) is 0 Å². The van der Waals surface area contributed by atoms with E-state index in [2.05, 4.69) is 15.0 Å². The number of nitrogens with zero attached hydrogens (tertiary/aromatic N) is 2. The number of halogens is 3. The number of alkyl halides is 3. The molecule has 0 aliphatic carbocycles. The Balaban J connectivity index is 2.49. The van der Waals surface area contributed by atoms with Crippen LogP contribution >= 0.6 is 0 Å². The van der Waals surface area contributed by atoms with Gasteiger partial charge in [-0.05, 0) is 6.07 Å². The number of anilines is 2. The van der Waals surface area contributed by atoms with Crippen LogP contribution in [0.5, 0.6) is 0 Å². The van der Waals surface area contributed by atoms with Crippen molar-refractivity contribution in [1.29, 1.82) is 0 Å². The highest BCUT2D eigenvalue weighted by atomic mass is 19.4. The van der Waals surface area contributed by atoms with E-state index in [4.69, 9.17) is 5.73 Å². The number of rotatable bonds is 6. The number of nitro groups is 1. The number of nitrogens with two attached hydrogens (primary N) is 1. The lowest BCUT2D eigenvalue weighted by Gasteiger charge is -2.09. The second kappa shape index (κ2) is 6.18. The Morgan fingerprint density at radius 1 is 1.47 bits per heavy atom. The van der Waals surface area contributed by atoms with Gasteiger partial charge in [0.1, 0.15) is 12.4 Å². The molecule has 10 heteroatoms. The molecule has 0 aliphatic heterocycles. The van der Waals surface area contributed by atoms with Crippen molar-refractivity contribution >= 4 is 17.3 Å². The third kappa shape index (κ3) is 5.38. The van der Waals surface area contributed by atoms with E-state index in [1.54, 1.807) is 0 Å². The fraction of sp³-hybridized carbons (Fsp3) is 0.444. The number of aromatic nitrogens is 1. The van der Waals surface area contributed by atoms with Crippen LogP contribution in [0.3, 0.4) is 0 Å². The number of nitrogen functional groups attached to an aromatic ring is 1. The first-order valence-electron chi connectivity index (χ1n) is 5.09. The fourth-order valence-electron chi connectivity index (χ4n) is 1.17. The summed E-state index contributed by atoms with van der Waals surface area (Å²) in [4.78, 5) is 13.7. The van der Waals surface area contributed by atoms with Gasteiger partial charge in [-0.2, -0.15) is 13.2 Å². The molecule has 0 spiro atoms. The summed E-state index contributed by atoms with van der Waals surface area (Å²) in [6.07, 6.45) is -4.40. The topological polar surface area (TPSA) is 103 Å². The molecule has 3 N–H and O–H groups in total. The quantitative estimate of drug-likeness (QED) is 0.465. The van der Waals surface area contributed by atoms with Crippen molar-refractivity contribution in [2.24, 2.45) is 0 Å². The molecule has 0 fully saturated rings. The first-order chi connectivity index (χ1) is 8.79. The number of hydrogen-bond acceptors (Lipinski definition) is 6. The number of hydrogen-bond donors (Lipinski definition) is 2. The van der Waals surface area contributed by atoms with Gasteiger partial charge in [0.2, 0.25) is 5.82 Å². The van der Waals surface area contributed by atoms with Gasteiger partial charge in [-0.1, -0.05) is 0 Å². The second-order valence-corrected chi connectivity index (χ2v) is 3.46. The zero-order valence-corrected chi connectivity index (χ0v) is 9.61. The summed E-state index contributed by atoms with van der Waals surface area (Å²) in [6.45, 7) is -1.71. The number of nitrogens with one attached hydrogen (secondary N) is 1. The minimum absolute atomic E-state index is 0.0595. The molecular weight excluding hydrogens is 269 g/mol. The fourth-order valence-corrected chi connectivity index (χ4v) is 1.17. The van der Waals surface area contributed by atoms with Crippen molar-refractivity contribution in [3.05, 3.63) is 22.2 Å². The standard InChI is InChI=1S/C9H11F3N4O3/c10-9(11,12)5-19-4-3-14-8-6(16(17)18)1-2-7(13)15-8/h1-2H,3-5H2,(H3,13,14,15). The Morgan fingerprint density at radius 2 is 2.16 bits per heavy atom. The van der Waals surface area contributed by atoms with Gasteiger partial charge in [0.15, 0.2) is 0 Å². The third-order valence-corrected chi connectivity index (χ3v) is 1.90. The average Bonchev–Trinajstić information content (AvgIpc) is 2.26. The first-order valence-corrected chi connectivity index (χ1v) is 5.09. The summed E-state index contributed by atoms with van der Waals surface area (Å²) >= 11 is 0. The zero-order valence-electron chi connectivity index (χ0n) is 9.61. The molecule has 0 aliphatic rings. The highest BCUT2D eigenvalue weighted by Crippen LogP contribution is 2.22. The maximum Gasteiger partial charge on any atom is 0.411 e. The smallest absolute Gasteiger partial charge is 0.384 e. The van der Waals surface area contributed by atoms with Gasteiger partial charge < -0.3 is 15.8 Å². The van der Waals surface area contributed by atoms with E-state index in [-0.39, 0.29) is 30.5 Å². The number of ether oxygens (including phenoxy) is 1. The lowest BCUT2D eigenvalue weighted by Crippen LogP contribution is -2.20. The summed E-state index contributed by atoms with van der Waals surface area (Å²) in [5.41, 5.74) is 5.05. The van der Waals surface area contributed by atoms with Crippen LogP contribution in [-0.2, 0) is 4.74 Å². The minimum Gasteiger partial charge on any atom is -0.384 e. The summed E-state index contributed by atoms with van der Waals surface area (Å²) in [7, 11) is 0. The normalized spacial score (nSPS) is 11.3. The highest BCUT2D eigenvalue weighted by molar-refractivity contribution is 5.59. The molecule has 1 aromatic rings. The van der Waals surface area contributed by atoms with Gasteiger partial charge in [-0.15, -0.1) is 0 Å². The van der Waals surface area contributed by atoms with Gasteiger partial charge in [-0.25, -0.2) is 4.98 Å². The second-order valence-electron chi connectivity index (χ2n) is 3.46. The van der Waals surface area contributed by atoms with Crippen LogP contribution < -0.4 is 11.1 Å². The van der Waals surface area contributed by atoms with Crippen molar-refractivity contribution in [3.63, 3.8) is 0 Å². The molecule has 1 aromatic heterocycles. The van der Waals surface area contributed by atoms with E-state index < -0.39 is 17.7 Å². The average molecular weight is 280 g/mol. The van der Waals surface area contributed by atoms with Crippen LogP contribution in [0.2, 0.25) is 0 Å². The third-order valence-electron chi connectivity index (χ3n) is 1.90. The predicted octanol–water partition coefficient (Wildman–Crippen LogP) is 1.56. The van der Waals surface area contributed by atoms with Crippen LogP contribution in [0, 0.1) is 10.1 Å². The van der Waals surface area contributed by atoms with E-state index >= 15 is 0 Å². The molecule has 0 radical (unpaired) electrons. The Hall–Kier alpha value is -2.10. The van der Waals surface area contributed by atoms with Gasteiger partial charge in [0.25, 0.3) is 0 Å². The SMILES string of the molecule is Nc1ccc([N+](=O)[O-])c(NCCOCC(F)(F)F)n1. The van der Waals surface area contributed by atoms with E-state index in [0.29, 0.717) is 0 Å². The van der Waals surface area contributed by atoms with Gasteiger partial charge in [0, 0.05) is 12.6 Å². The summed E-state index contributed by atoms with van der Waals surface area (Å²) in [6, 6.07) is 2.41. The van der Waals surface area contributed by atoms with Crippen LogP contribution in [0.1, 0.15) is 0 Å². The molecule has 0 unspecified atom stereocenters. The predicted molar refractivity (Wildman–Crippen MR) is 60.7 cm³/mol. The van der Waals surface area contributed by atoms with E-state index in [0.717, 1.165) is 6.07 Å². The van der Waals surface area contributed by atoms with Crippen LogP contribution in [-0.4, -0.2) is 35.8 Å². The monoisotopic (exact) mass is 280 g/mol. The molecule has 0 amide bonds. The van der Waals surface area contributed by atoms with Crippen molar-refractivity contribution < 1.29 is 22.8 Å². The van der Waals surface area contributed by atoms with Crippen molar-refractivity contribution in [2.75, 3.05) is 30.8 Å². The van der Waals surface area contributed by atoms with Crippen molar-refractivity contribution in [1.82, 2.24) is 4.98 Å². The molecule has 106 valence electrons. The Labute approximate surface area is 105 Å². The summed E-state index contributed by atoms with van der Waals surface area (Å²) in [5.74, 6) is -0.0510. The first kappa shape index (κ1) is 15.0. The van der Waals surface area contributed by atoms with Gasteiger partial charge in [0.05, 0.1) is 11.5 Å². The van der Waals surface area contributed by atoms with E-state index in [1.807, 2.05) is 0 Å². The molecule has 19 heavy (non-hydrogen) atoms. The van der Waals surface area contributed by atoms with Crippen LogP contribution in [0.4, 0.5) is 30.5 Å². The van der Waals surface area contributed by atoms with E-state index in [1.165, 1.54) is 6.07 Å². The van der Waals surface area contributed by atoms with Gasteiger partial charge in [-0.3, -0.25) is 10.1 Å². The van der Waals surface area contributed by atoms with Crippen LogP contribution in [0.15, 0.2) is 12.1 Å². The van der Waals surface area contributed by atoms with Crippen molar-refractivity contribution in [2.45, 2.75) is 6.18 Å². The largest absolute Gasteiger partial charge is 0.411 e. The molecule has 0 bridgehead atoms. The molecule has 1 rings (SSSR count). The summed E-state index contributed by atoms with van der Waals surface area (Å²) < 4.78 is 39.6. The molecule has 0 saturated carbocycles. The lowest BCUT2D eigenvalue weighted by atomic mass is 10.3. The van der Waals surface area contributed by atoms with Crippen LogP contribution in [0.25, 0.3) is 0 Å². The number of pyridine rings is 1.